The highest BCUT2D eigenvalue weighted by atomic mass is 16.5. The third-order valence-corrected chi connectivity index (χ3v) is 0.826. The standard InChI is InChI=1S/C5H13NO2/c1-2-5(6)8-4-3-7/h5,7H,2-4,6H2,1H3. The molecule has 0 aromatic heterocycles. The van der Waals surface area contributed by atoms with Crippen molar-refractivity contribution in [2.75, 3.05) is 13.2 Å². The zero-order valence-corrected chi connectivity index (χ0v) is 5.13. The predicted molar refractivity (Wildman–Crippen MR) is 31.3 cm³/mol. The van der Waals surface area contributed by atoms with E-state index >= 15 is 0 Å². The smallest absolute Gasteiger partial charge is 0.105 e. The van der Waals surface area contributed by atoms with Crippen LogP contribution in [0.5, 0.6) is 0 Å². The van der Waals surface area contributed by atoms with Crippen LogP contribution in [0.25, 0.3) is 0 Å². The van der Waals surface area contributed by atoms with Gasteiger partial charge in [-0.1, -0.05) is 6.92 Å². The molecule has 0 saturated heterocycles. The molecule has 0 amide bonds. The first-order valence-corrected chi connectivity index (χ1v) is 2.79. The molecule has 0 spiro atoms. The summed E-state index contributed by atoms with van der Waals surface area (Å²) < 4.78 is 4.87. The topological polar surface area (TPSA) is 55.5 Å². The van der Waals surface area contributed by atoms with Crippen molar-refractivity contribution in [3.63, 3.8) is 0 Å². The second-order valence-electron chi connectivity index (χ2n) is 1.54. The minimum absolute atomic E-state index is 0.0493. The Labute approximate surface area is 49.4 Å². The Morgan fingerprint density at radius 1 is 1.75 bits per heavy atom. The van der Waals surface area contributed by atoms with Crippen molar-refractivity contribution in [2.45, 2.75) is 19.6 Å². The maximum Gasteiger partial charge on any atom is 0.105 e. The van der Waals surface area contributed by atoms with Gasteiger partial charge in [-0.25, -0.2) is 0 Å². The van der Waals surface area contributed by atoms with Crippen LogP contribution in [0.15, 0.2) is 0 Å². The lowest BCUT2D eigenvalue weighted by Gasteiger charge is -2.07. The molecule has 0 aromatic rings. The monoisotopic (exact) mass is 119 g/mol. The molecule has 0 heterocycles. The highest BCUT2D eigenvalue weighted by molar-refractivity contribution is 4.39. The first-order chi connectivity index (χ1) is 3.81. The fraction of sp³-hybridized carbons (Fsp3) is 1.00. The zero-order valence-electron chi connectivity index (χ0n) is 5.13. The van der Waals surface area contributed by atoms with E-state index in [9.17, 15) is 0 Å². The number of ether oxygens (including phenoxy) is 1. The summed E-state index contributed by atoms with van der Waals surface area (Å²) in [7, 11) is 0. The van der Waals surface area contributed by atoms with Crippen LogP contribution in [-0.2, 0) is 4.74 Å². The first-order valence-electron chi connectivity index (χ1n) is 2.79. The van der Waals surface area contributed by atoms with Crippen LogP contribution in [0.1, 0.15) is 13.3 Å². The van der Waals surface area contributed by atoms with Gasteiger partial charge in [0.05, 0.1) is 13.2 Å². The molecule has 0 radical (unpaired) electrons. The molecule has 0 fully saturated rings. The van der Waals surface area contributed by atoms with Crippen LogP contribution in [0.4, 0.5) is 0 Å². The lowest BCUT2D eigenvalue weighted by Crippen LogP contribution is -2.23. The predicted octanol–water partition coefficient (Wildman–Crippen LogP) is -0.310. The molecule has 8 heavy (non-hydrogen) atoms. The molecule has 0 aliphatic carbocycles. The van der Waals surface area contributed by atoms with Crippen molar-refractivity contribution in [3.05, 3.63) is 0 Å². The minimum Gasteiger partial charge on any atom is -0.394 e. The number of hydrogen-bond acceptors (Lipinski definition) is 3. The third kappa shape index (κ3) is 4.05. The maximum absolute atomic E-state index is 8.23. The molecule has 3 nitrogen and oxygen atoms in total. The Bertz CT molecular complexity index is 49.7. The van der Waals surface area contributed by atoms with Crippen molar-refractivity contribution < 1.29 is 9.84 Å². The lowest BCUT2D eigenvalue weighted by molar-refractivity contribution is 0.0305. The molecular weight excluding hydrogens is 106 g/mol. The van der Waals surface area contributed by atoms with E-state index in [2.05, 4.69) is 0 Å². The van der Waals surface area contributed by atoms with Gasteiger partial charge >= 0.3 is 0 Å². The van der Waals surface area contributed by atoms with Gasteiger partial charge < -0.3 is 15.6 Å². The maximum atomic E-state index is 8.23. The number of nitrogens with two attached hydrogens (primary N) is 1. The summed E-state index contributed by atoms with van der Waals surface area (Å²) in [6.07, 6.45) is 0.585. The van der Waals surface area contributed by atoms with Crippen molar-refractivity contribution in [1.29, 1.82) is 0 Å². The lowest BCUT2D eigenvalue weighted by atomic mass is 10.4. The molecule has 3 N–H and O–H groups in total. The second-order valence-corrected chi connectivity index (χ2v) is 1.54. The quantitative estimate of drug-likeness (QED) is 0.499. The van der Waals surface area contributed by atoms with Gasteiger partial charge in [0.15, 0.2) is 0 Å². The van der Waals surface area contributed by atoms with Gasteiger partial charge in [-0.2, -0.15) is 0 Å². The number of hydrogen-bond donors (Lipinski definition) is 2. The number of aliphatic hydroxyl groups is 1. The van der Waals surface area contributed by atoms with Gasteiger partial charge in [0.2, 0.25) is 0 Å². The van der Waals surface area contributed by atoms with Crippen molar-refractivity contribution in [2.24, 2.45) is 5.73 Å². The van der Waals surface area contributed by atoms with Gasteiger partial charge in [-0.3, -0.25) is 0 Å². The molecule has 0 saturated carbocycles. The molecule has 0 aliphatic heterocycles. The zero-order chi connectivity index (χ0) is 6.41. The summed E-state index contributed by atoms with van der Waals surface area (Å²) >= 11 is 0. The van der Waals surface area contributed by atoms with Crippen molar-refractivity contribution in [3.8, 4) is 0 Å². The van der Waals surface area contributed by atoms with Crippen LogP contribution in [0, 0.1) is 0 Å². The number of rotatable bonds is 4. The Morgan fingerprint density at radius 3 is 2.75 bits per heavy atom. The van der Waals surface area contributed by atoms with E-state index < -0.39 is 0 Å². The van der Waals surface area contributed by atoms with E-state index in [-0.39, 0.29) is 12.8 Å². The summed E-state index contributed by atoms with van der Waals surface area (Å²) in [5, 5.41) is 8.23. The SMILES string of the molecule is CCC(N)OCCO. The fourth-order valence-electron chi connectivity index (χ4n) is 0.322. The number of aliphatic hydroxyl groups excluding tert-OH is 1. The second kappa shape index (κ2) is 5.03. The summed E-state index contributed by atoms with van der Waals surface area (Å²) in [5.41, 5.74) is 5.33. The van der Waals surface area contributed by atoms with Crippen LogP contribution >= 0.6 is 0 Å². The fourth-order valence-corrected chi connectivity index (χ4v) is 0.322. The average Bonchev–Trinajstić information content (AvgIpc) is 1.83. The molecule has 1 unspecified atom stereocenters. The van der Waals surface area contributed by atoms with Crippen molar-refractivity contribution in [1.82, 2.24) is 0 Å². The van der Waals surface area contributed by atoms with Gasteiger partial charge in [0, 0.05) is 0 Å². The van der Waals surface area contributed by atoms with E-state index in [0.717, 1.165) is 6.42 Å². The van der Waals surface area contributed by atoms with E-state index in [1.54, 1.807) is 0 Å². The highest BCUT2D eigenvalue weighted by Gasteiger charge is 1.94. The molecule has 0 rings (SSSR count). The van der Waals surface area contributed by atoms with Crippen LogP contribution in [0.3, 0.4) is 0 Å². The van der Waals surface area contributed by atoms with Gasteiger partial charge in [-0.05, 0) is 6.42 Å². The Hall–Kier alpha value is -0.120. The Morgan fingerprint density at radius 2 is 2.38 bits per heavy atom. The van der Waals surface area contributed by atoms with Gasteiger partial charge in [-0.15, -0.1) is 0 Å². The van der Waals surface area contributed by atoms with Gasteiger partial charge in [0.1, 0.15) is 6.23 Å². The summed E-state index contributed by atoms with van der Waals surface area (Å²) in [6.45, 7) is 2.32. The molecule has 50 valence electrons. The summed E-state index contributed by atoms with van der Waals surface area (Å²) in [6, 6.07) is 0. The largest absolute Gasteiger partial charge is 0.394 e. The highest BCUT2D eigenvalue weighted by Crippen LogP contribution is 1.86. The van der Waals surface area contributed by atoms with E-state index in [0.29, 0.717) is 6.61 Å². The molecule has 0 aliphatic rings. The molecule has 1 atom stereocenters. The van der Waals surface area contributed by atoms with Crippen LogP contribution in [0.2, 0.25) is 0 Å². The van der Waals surface area contributed by atoms with Crippen molar-refractivity contribution >= 4 is 0 Å². The van der Waals surface area contributed by atoms with E-state index in [1.807, 2.05) is 6.92 Å². The Kier molecular flexibility index (Phi) is 4.95. The Balaban J connectivity index is 2.86. The van der Waals surface area contributed by atoms with Crippen LogP contribution in [-0.4, -0.2) is 24.5 Å². The molecule has 3 heteroatoms. The molecule has 0 aromatic carbocycles. The van der Waals surface area contributed by atoms with Gasteiger partial charge in [0.25, 0.3) is 0 Å². The summed E-state index contributed by atoms with van der Waals surface area (Å²) in [5.74, 6) is 0. The first kappa shape index (κ1) is 7.88. The third-order valence-electron chi connectivity index (χ3n) is 0.826. The summed E-state index contributed by atoms with van der Waals surface area (Å²) in [4.78, 5) is 0. The normalized spacial score (nSPS) is 13.9. The van der Waals surface area contributed by atoms with Crippen LogP contribution < -0.4 is 5.73 Å². The van der Waals surface area contributed by atoms with E-state index in [1.165, 1.54) is 0 Å². The minimum atomic E-state index is -0.206. The van der Waals surface area contributed by atoms with E-state index in [4.69, 9.17) is 15.6 Å². The molecule has 0 bridgehead atoms. The molecular formula is C5H13NO2. The average molecular weight is 119 g/mol.